The van der Waals surface area contributed by atoms with Gasteiger partial charge in [0.05, 0.1) is 10.5 Å². The Kier molecular flexibility index (Phi) is 5.03. The molecule has 2 rings (SSSR count). The summed E-state index contributed by atoms with van der Waals surface area (Å²) in [6.07, 6.45) is 5.70. The highest BCUT2D eigenvalue weighted by molar-refractivity contribution is 7.90. The molecule has 1 saturated carbocycles. The Balaban J connectivity index is 2.58. The van der Waals surface area contributed by atoms with Gasteiger partial charge in [-0.3, -0.25) is 4.79 Å². The molecule has 126 valence electrons. The molecule has 1 aromatic carbocycles. The zero-order chi connectivity index (χ0) is 17.2. The number of aliphatic imine (C=N–C) groups is 1. The fourth-order valence-corrected chi connectivity index (χ4v) is 3.95. The molecule has 4 N–H and O–H groups in total. The molecular formula is C15H20FN3O3S. The van der Waals surface area contributed by atoms with Crippen molar-refractivity contribution in [2.75, 3.05) is 6.26 Å². The van der Waals surface area contributed by atoms with Crippen LogP contribution in [0.2, 0.25) is 0 Å². The van der Waals surface area contributed by atoms with Gasteiger partial charge in [-0.2, -0.15) is 4.99 Å². The molecule has 0 atom stereocenters. The maximum atomic E-state index is 14.3. The predicted octanol–water partition coefficient (Wildman–Crippen LogP) is 1.69. The molecule has 0 unspecified atom stereocenters. The second-order valence-electron chi connectivity index (χ2n) is 5.82. The molecule has 0 saturated heterocycles. The minimum atomic E-state index is -3.61. The summed E-state index contributed by atoms with van der Waals surface area (Å²) in [5.41, 5.74) is 10.2. The fraction of sp³-hybridized carbons (Fsp3) is 0.467. The molecule has 0 bridgehead atoms. The van der Waals surface area contributed by atoms with Crippen molar-refractivity contribution in [1.82, 2.24) is 0 Å². The van der Waals surface area contributed by atoms with Crippen molar-refractivity contribution in [3.05, 3.63) is 29.1 Å². The first kappa shape index (κ1) is 17.4. The van der Waals surface area contributed by atoms with Crippen molar-refractivity contribution in [2.45, 2.75) is 42.9 Å². The van der Waals surface area contributed by atoms with Crippen LogP contribution in [0.5, 0.6) is 0 Å². The van der Waals surface area contributed by atoms with E-state index in [0.29, 0.717) is 5.56 Å². The highest BCUT2D eigenvalue weighted by atomic mass is 32.2. The number of guanidine groups is 1. The van der Waals surface area contributed by atoms with Crippen LogP contribution >= 0.6 is 0 Å². The zero-order valence-corrected chi connectivity index (χ0v) is 13.7. The Bertz CT molecular complexity index is 749. The third kappa shape index (κ3) is 4.07. The van der Waals surface area contributed by atoms with Gasteiger partial charge in [0.2, 0.25) is 0 Å². The Morgan fingerprint density at radius 2 is 1.83 bits per heavy atom. The average molecular weight is 341 g/mol. The first-order valence-electron chi connectivity index (χ1n) is 7.37. The summed E-state index contributed by atoms with van der Waals surface area (Å²) in [6, 6.07) is 2.19. The van der Waals surface area contributed by atoms with Crippen molar-refractivity contribution in [2.24, 2.45) is 16.5 Å². The molecule has 6 nitrogen and oxygen atoms in total. The van der Waals surface area contributed by atoms with Gasteiger partial charge in [-0.25, -0.2) is 12.8 Å². The van der Waals surface area contributed by atoms with Gasteiger partial charge < -0.3 is 11.5 Å². The summed E-state index contributed by atoms with van der Waals surface area (Å²) in [6.45, 7) is 0. The van der Waals surface area contributed by atoms with E-state index >= 15 is 0 Å². The number of hydrogen-bond donors (Lipinski definition) is 2. The number of benzene rings is 1. The Labute approximate surface area is 134 Å². The summed E-state index contributed by atoms with van der Waals surface area (Å²) in [5.74, 6) is -2.34. The van der Waals surface area contributed by atoms with Crippen LogP contribution in [0, 0.1) is 5.82 Å². The molecule has 1 amide bonds. The second-order valence-corrected chi connectivity index (χ2v) is 7.80. The number of amides is 1. The molecule has 0 spiro atoms. The molecule has 1 aromatic rings. The predicted molar refractivity (Wildman–Crippen MR) is 85.5 cm³/mol. The Morgan fingerprint density at radius 1 is 1.22 bits per heavy atom. The summed E-state index contributed by atoms with van der Waals surface area (Å²) in [4.78, 5) is 15.1. The van der Waals surface area contributed by atoms with E-state index in [1.807, 2.05) is 0 Å². The molecular weight excluding hydrogens is 321 g/mol. The quantitative estimate of drug-likeness (QED) is 0.493. The SMILES string of the molecule is CS(=O)(=O)c1cc(C(=O)N=C(N)N)c(F)cc1C1CCCCC1. The molecule has 0 aromatic heterocycles. The van der Waals surface area contributed by atoms with E-state index in [9.17, 15) is 17.6 Å². The van der Waals surface area contributed by atoms with E-state index in [1.54, 1.807) is 0 Å². The van der Waals surface area contributed by atoms with Crippen molar-refractivity contribution in [3.63, 3.8) is 0 Å². The normalized spacial score (nSPS) is 16.1. The van der Waals surface area contributed by atoms with E-state index in [0.717, 1.165) is 50.5 Å². The van der Waals surface area contributed by atoms with Gasteiger partial charge in [0.1, 0.15) is 5.82 Å². The highest BCUT2D eigenvalue weighted by Crippen LogP contribution is 2.37. The Morgan fingerprint density at radius 3 is 2.35 bits per heavy atom. The number of nitrogens with zero attached hydrogens (tertiary/aromatic N) is 1. The summed E-state index contributed by atoms with van der Waals surface area (Å²) in [7, 11) is -3.61. The van der Waals surface area contributed by atoms with Crippen molar-refractivity contribution >= 4 is 21.7 Å². The first-order chi connectivity index (χ1) is 10.7. The van der Waals surface area contributed by atoms with Gasteiger partial charge in [0.25, 0.3) is 5.91 Å². The summed E-state index contributed by atoms with van der Waals surface area (Å²) < 4.78 is 38.5. The number of carbonyl (C=O) groups excluding carboxylic acids is 1. The molecule has 1 aliphatic rings. The molecule has 1 aliphatic carbocycles. The number of sulfone groups is 1. The maximum Gasteiger partial charge on any atom is 0.283 e. The standard InChI is InChI=1S/C15H20FN3O3S/c1-23(21,22)13-8-11(14(20)19-15(17)18)12(16)7-10(13)9-5-3-2-4-6-9/h7-9H,2-6H2,1H3,(H4,17,18,19,20). The second kappa shape index (κ2) is 6.66. The maximum absolute atomic E-state index is 14.3. The molecule has 23 heavy (non-hydrogen) atoms. The van der Waals surface area contributed by atoms with Crippen molar-refractivity contribution in [1.29, 1.82) is 0 Å². The van der Waals surface area contributed by atoms with Crippen LogP contribution in [-0.4, -0.2) is 26.5 Å². The van der Waals surface area contributed by atoms with Gasteiger partial charge >= 0.3 is 0 Å². The number of halogens is 1. The highest BCUT2D eigenvalue weighted by Gasteiger charge is 2.26. The van der Waals surface area contributed by atoms with Crippen LogP contribution in [-0.2, 0) is 9.84 Å². The molecule has 0 aliphatic heterocycles. The molecule has 0 radical (unpaired) electrons. The number of rotatable bonds is 3. The minimum absolute atomic E-state index is 0.0183. The largest absolute Gasteiger partial charge is 0.370 e. The van der Waals surface area contributed by atoms with Crippen LogP contribution in [0.3, 0.4) is 0 Å². The average Bonchev–Trinajstić information content (AvgIpc) is 2.45. The topological polar surface area (TPSA) is 116 Å². The van der Waals surface area contributed by atoms with Gasteiger partial charge in [-0.05, 0) is 36.5 Å². The van der Waals surface area contributed by atoms with E-state index in [4.69, 9.17) is 11.5 Å². The van der Waals surface area contributed by atoms with Gasteiger partial charge in [0, 0.05) is 6.26 Å². The van der Waals surface area contributed by atoms with Crippen LogP contribution in [0.25, 0.3) is 0 Å². The lowest BCUT2D eigenvalue weighted by atomic mass is 9.83. The smallest absolute Gasteiger partial charge is 0.283 e. The number of carbonyl (C=O) groups is 1. The lowest BCUT2D eigenvalue weighted by Gasteiger charge is -2.24. The summed E-state index contributed by atoms with van der Waals surface area (Å²) in [5, 5.41) is 0. The van der Waals surface area contributed by atoms with Crippen molar-refractivity contribution < 1.29 is 17.6 Å². The van der Waals surface area contributed by atoms with E-state index in [2.05, 4.69) is 4.99 Å². The Hall–Kier alpha value is -1.96. The van der Waals surface area contributed by atoms with Gasteiger partial charge in [0.15, 0.2) is 15.8 Å². The first-order valence-corrected chi connectivity index (χ1v) is 9.26. The van der Waals surface area contributed by atoms with Crippen LogP contribution in [0.4, 0.5) is 4.39 Å². The third-order valence-corrected chi connectivity index (χ3v) is 5.16. The van der Waals surface area contributed by atoms with Crippen LogP contribution in [0.15, 0.2) is 22.0 Å². The number of hydrogen-bond acceptors (Lipinski definition) is 3. The molecule has 1 fully saturated rings. The summed E-state index contributed by atoms with van der Waals surface area (Å²) >= 11 is 0. The van der Waals surface area contributed by atoms with Gasteiger partial charge in [-0.1, -0.05) is 19.3 Å². The number of nitrogens with two attached hydrogens (primary N) is 2. The van der Waals surface area contributed by atoms with Crippen LogP contribution in [0.1, 0.15) is 53.9 Å². The molecule has 0 heterocycles. The third-order valence-electron chi connectivity index (χ3n) is 4.00. The monoisotopic (exact) mass is 341 g/mol. The van der Waals surface area contributed by atoms with Crippen LogP contribution < -0.4 is 11.5 Å². The van der Waals surface area contributed by atoms with Gasteiger partial charge in [-0.15, -0.1) is 0 Å². The minimum Gasteiger partial charge on any atom is -0.370 e. The zero-order valence-electron chi connectivity index (χ0n) is 12.9. The fourth-order valence-electron chi connectivity index (χ4n) is 2.96. The lowest BCUT2D eigenvalue weighted by molar-refractivity contribution is 0.0998. The lowest BCUT2D eigenvalue weighted by Crippen LogP contribution is -2.24. The van der Waals surface area contributed by atoms with E-state index in [-0.39, 0.29) is 10.8 Å². The molecule has 8 heteroatoms. The van der Waals surface area contributed by atoms with E-state index < -0.39 is 33.1 Å². The van der Waals surface area contributed by atoms with E-state index in [1.165, 1.54) is 0 Å². The van der Waals surface area contributed by atoms with Crippen molar-refractivity contribution in [3.8, 4) is 0 Å².